The first-order valence-electron chi connectivity index (χ1n) is 8.99. The summed E-state index contributed by atoms with van der Waals surface area (Å²) in [5.41, 5.74) is 7.89. The number of nitrogens with one attached hydrogen (secondary N) is 1. The molecule has 138 valence electrons. The standard InChI is InChI=1S/C19H24N4O2S/c20-15-1-7-19(8-2-15)26(24,25)21-16-3-5-17(6-4-16)23-14-13-22-11-9-18(23)10-12-22/h1-8,18,21H,9-14,20H2. The molecule has 3 fully saturated rings. The van der Waals surface area contributed by atoms with Gasteiger partial charge in [0.25, 0.3) is 10.0 Å². The van der Waals surface area contributed by atoms with Gasteiger partial charge < -0.3 is 15.5 Å². The number of hydrogen-bond acceptors (Lipinski definition) is 5. The fourth-order valence-electron chi connectivity index (χ4n) is 3.81. The number of nitrogens with two attached hydrogens (primary N) is 1. The molecule has 0 spiro atoms. The Kier molecular flexibility index (Phi) is 4.50. The highest BCUT2D eigenvalue weighted by molar-refractivity contribution is 7.92. The molecule has 3 heterocycles. The second-order valence-corrected chi connectivity index (χ2v) is 8.67. The molecule has 26 heavy (non-hydrogen) atoms. The van der Waals surface area contributed by atoms with Gasteiger partial charge in [0.05, 0.1) is 4.90 Å². The van der Waals surface area contributed by atoms with Crippen LogP contribution in [0.1, 0.15) is 12.8 Å². The first-order chi connectivity index (χ1) is 12.5. The van der Waals surface area contributed by atoms with Crippen LogP contribution >= 0.6 is 0 Å². The van der Waals surface area contributed by atoms with Crippen molar-refractivity contribution in [1.29, 1.82) is 0 Å². The number of rotatable bonds is 4. The molecule has 2 aromatic rings. The summed E-state index contributed by atoms with van der Waals surface area (Å²) in [5.74, 6) is 0. The number of fused-ring (bicyclic) bond motifs is 4. The van der Waals surface area contributed by atoms with Gasteiger partial charge in [-0.2, -0.15) is 0 Å². The summed E-state index contributed by atoms with van der Waals surface area (Å²) < 4.78 is 27.6. The maximum absolute atomic E-state index is 12.5. The highest BCUT2D eigenvalue weighted by Crippen LogP contribution is 2.28. The molecule has 6 nitrogen and oxygen atoms in total. The lowest BCUT2D eigenvalue weighted by Crippen LogP contribution is -2.37. The van der Waals surface area contributed by atoms with Gasteiger partial charge in [-0.05, 0) is 61.4 Å². The lowest BCUT2D eigenvalue weighted by Gasteiger charge is -2.33. The van der Waals surface area contributed by atoms with Crippen molar-refractivity contribution in [3.05, 3.63) is 48.5 Å². The molecule has 3 N–H and O–H groups in total. The van der Waals surface area contributed by atoms with Gasteiger partial charge in [0.2, 0.25) is 0 Å². The van der Waals surface area contributed by atoms with Crippen molar-refractivity contribution >= 4 is 27.1 Å². The molecule has 0 aromatic heterocycles. The van der Waals surface area contributed by atoms with Crippen LogP contribution in [0.5, 0.6) is 0 Å². The molecule has 3 aliphatic heterocycles. The Hall–Kier alpha value is -2.25. The van der Waals surface area contributed by atoms with E-state index in [0.717, 1.165) is 18.8 Å². The highest BCUT2D eigenvalue weighted by atomic mass is 32.2. The van der Waals surface area contributed by atoms with E-state index in [-0.39, 0.29) is 4.90 Å². The van der Waals surface area contributed by atoms with Gasteiger partial charge in [-0.15, -0.1) is 0 Å². The Balaban J connectivity index is 1.50. The summed E-state index contributed by atoms with van der Waals surface area (Å²) >= 11 is 0. The molecule has 3 saturated heterocycles. The molecule has 3 aliphatic rings. The van der Waals surface area contributed by atoms with E-state index in [1.807, 2.05) is 24.3 Å². The lowest BCUT2D eigenvalue weighted by molar-refractivity contribution is 0.250. The quantitative estimate of drug-likeness (QED) is 0.806. The Bertz CT molecular complexity index is 857. The first kappa shape index (κ1) is 17.2. The van der Waals surface area contributed by atoms with Crippen molar-refractivity contribution in [2.75, 3.05) is 41.5 Å². The Labute approximate surface area is 154 Å². The van der Waals surface area contributed by atoms with E-state index in [0.29, 0.717) is 17.4 Å². The molecule has 7 heteroatoms. The van der Waals surface area contributed by atoms with Crippen molar-refractivity contribution in [3.63, 3.8) is 0 Å². The third-order valence-corrected chi connectivity index (χ3v) is 6.69. The molecule has 2 bridgehead atoms. The largest absolute Gasteiger partial charge is 0.399 e. The van der Waals surface area contributed by atoms with Crippen molar-refractivity contribution in [2.45, 2.75) is 23.8 Å². The molecule has 0 saturated carbocycles. The predicted octanol–water partition coefficient (Wildman–Crippen LogP) is 2.35. The SMILES string of the molecule is Nc1ccc(S(=O)(=O)Nc2ccc(N3CCN4CCC3CC4)cc2)cc1. The summed E-state index contributed by atoms with van der Waals surface area (Å²) in [7, 11) is -3.61. The van der Waals surface area contributed by atoms with Crippen LogP contribution in [-0.2, 0) is 10.0 Å². The third-order valence-electron chi connectivity index (χ3n) is 5.30. The van der Waals surface area contributed by atoms with Crippen LogP contribution in [0.25, 0.3) is 0 Å². The Morgan fingerprint density at radius 1 is 0.885 bits per heavy atom. The van der Waals surface area contributed by atoms with Crippen LogP contribution in [-0.4, -0.2) is 45.5 Å². The van der Waals surface area contributed by atoms with Crippen LogP contribution in [0.2, 0.25) is 0 Å². The number of piperidine rings is 1. The minimum Gasteiger partial charge on any atom is -0.399 e. The highest BCUT2D eigenvalue weighted by Gasteiger charge is 2.29. The van der Waals surface area contributed by atoms with Gasteiger partial charge in [0.1, 0.15) is 0 Å². The lowest BCUT2D eigenvalue weighted by atomic mass is 10.0. The number of sulfonamides is 1. The fraction of sp³-hybridized carbons (Fsp3) is 0.368. The Morgan fingerprint density at radius 2 is 1.54 bits per heavy atom. The smallest absolute Gasteiger partial charge is 0.261 e. The minimum absolute atomic E-state index is 0.203. The van der Waals surface area contributed by atoms with Crippen LogP contribution in [0.4, 0.5) is 17.1 Å². The zero-order valence-corrected chi connectivity index (χ0v) is 15.5. The minimum atomic E-state index is -3.61. The van der Waals surface area contributed by atoms with E-state index in [1.54, 1.807) is 12.1 Å². The number of nitrogens with zero attached hydrogens (tertiary/aromatic N) is 2. The monoisotopic (exact) mass is 372 g/mol. The van der Waals surface area contributed by atoms with Crippen molar-refractivity contribution in [2.24, 2.45) is 0 Å². The fourth-order valence-corrected chi connectivity index (χ4v) is 4.87. The summed E-state index contributed by atoms with van der Waals surface area (Å²) in [6.07, 6.45) is 2.40. The summed E-state index contributed by atoms with van der Waals surface area (Å²) in [6.45, 7) is 4.49. The molecule has 0 radical (unpaired) electrons. The topological polar surface area (TPSA) is 78.7 Å². The molecule has 0 unspecified atom stereocenters. The van der Waals surface area contributed by atoms with Crippen LogP contribution in [0.15, 0.2) is 53.4 Å². The molecule has 5 rings (SSSR count). The maximum Gasteiger partial charge on any atom is 0.261 e. The van der Waals surface area contributed by atoms with E-state index in [4.69, 9.17) is 5.73 Å². The van der Waals surface area contributed by atoms with E-state index >= 15 is 0 Å². The summed E-state index contributed by atoms with van der Waals surface area (Å²) in [6, 6.07) is 14.5. The number of anilines is 3. The zero-order valence-electron chi connectivity index (χ0n) is 14.6. The number of benzene rings is 2. The van der Waals surface area contributed by atoms with Crippen LogP contribution < -0.4 is 15.4 Å². The normalized spacial score (nSPS) is 22.8. The second-order valence-electron chi connectivity index (χ2n) is 6.99. The maximum atomic E-state index is 12.5. The zero-order chi connectivity index (χ0) is 18.1. The van der Waals surface area contributed by atoms with Gasteiger partial charge in [-0.1, -0.05) is 0 Å². The van der Waals surface area contributed by atoms with Crippen molar-refractivity contribution < 1.29 is 8.42 Å². The van der Waals surface area contributed by atoms with E-state index in [9.17, 15) is 8.42 Å². The Morgan fingerprint density at radius 3 is 2.19 bits per heavy atom. The van der Waals surface area contributed by atoms with E-state index < -0.39 is 10.0 Å². The molecular formula is C19H24N4O2S. The average Bonchev–Trinajstić information content (AvgIpc) is 2.96. The molecule has 2 aromatic carbocycles. The second kappa shape index (κ2) is 6.81. The van der Waals surface area contributed by atoms with Crippen LogP contribution in [0, 0.1) is 0 Å². The molecular weight excluding hydrogens is 348 g/mol. The third kappa shape index (κ3) is 3.50. The molecule has 0 aliphatic carbocycles. The van der Waals surface area contributed by atoms with Crippen molar-refractivity contribution in [3.8, 4) is 0 Å². The van der Waals surface area contributed by atoms with Gasteiger partial charge in [0, 0.05) is 49.3 Å². The predicted molar refractivity (Wildman–Crippen MR) is 105 cm³/mol. The van der Waals surface area contributed by atoms with E-state index in [1.165, 1.54) is 38.1 Å². The first-order valence-corrected chi connectivity index (χ1v) is 10.5. The van der Waals surface area contributed by atoms with Crippen molar-refractivity contribution in [1.82, 2.24) is 4.90 Å². The number of nitrogen functional groups attached to an aromatic ring is 1. The average molecular weight is 372 g/mol. The molecule has 0 atom stereocenters. The van der Waals surface area contributed by atoms with Gasteiger partial charge in [-0.25, -0.2) is 8.42 Å². The summed E-state index contributed by atoms with van der Waals surface area (Å²) in [4.78, 5) is 5.19. The van der Waals surface area contributed by atoms with Gasteiger partial charge in [0.15, 0.2) is 0 Å². The van der Waals surface area contributed by atoms with Crippen LogP contribution in [0.3, 0.4) is 0 Å². The summed E-state index contributed by atoms with van der Waals surface area (Å²) in [5, 5.41) is 0. The molecule has 0 amide bonds. The van der Waals surface area contributed by atoms with Gasteiger partial charge >= 0.3 is 0 Å². The van der Waals surface area contributed by atoms with E-state index in [2.05, 4.69) is 14.5 Å². The van der Waals surface area contributed by atoms with Gasteiger partial charge in [-0.3, -0.25) is 4.72 Å². The number of hydrogen-bond donors (Lipinski definition) is 2.